The predicted molar refractivity (Wildman–Crippen MR) is 87.7 cm³/mol. The third-order valence-electron chi connectivity index (χ3n) is 3.02. The van der Waals surface area contributed by atoms with Crippen molar-refractivity contribution in [1.82, 2.24) is 5.32 Å². The summed E-state index contributed by atoms with van der Waals surface area (Å²) in [6, 6.07) is 14.7. The van der Waals surface area contributed by atoms with Crippen molar-refractivity contribution in [2.75, 3.05) is 12.4 Å². The minimum atomic E-state index is -0.254. The van der Waals surface area contributed by atoms with Gasteiger partial charge in [-0.25, -0.2) is 4.79 Å². The molecule has 2 rings (SSSR count). The summed E-state index contributed by atoms with van der Waals surface area (Å²) in [7, 11) is 1.59. The second-order valence-electron chi connectivity index (χ2n) is 4.61. The lowest BCUT2D eigenvalue weighted by Gasteiger charge is -2.15. The molecule has 2 aromatic carbocycles. The van der Waals surface area contributed by atoms with Gasteiger partial charge in [-0.1, -0.05) is 34.1 Å². The molecule has 2 aromatic rings. The van der Waals surface area contributed by atoms with Crippen molar-refractivity contribution in [2.24, 2.45) is 0 Å². The molecule has 0 radical (unpaired) electrons. The zero-order valence-electron chi connectivity index (χ0n) is 11.9. The van der Waals surface area contributed by atoms with Crippen LogP contribution in [0.5, 0.6) is 5.75 Å². The number of carbonyl (C=O) groups is 1. The highest BCUT2D eigenvalue weighted by atomic mass is 79.9. The van der Waals surface area contributed by atoms with Crippen LogP contribution in [-0.2, 0) is 0 Å². The van der Waals surface area contributed by atoms with Gasteiger partial charge in [0.05, 0.1) is 13.2 Å². The maximum atomic E-state index is 12.0. The number of ether oxygens (including phenoxy) is 1. The number of hydrogen-bond acceptors (Lipinski definition) is 2. The van der Waals surface area contributed by atoms with Gasteiger partial charge in [0.1, 0.15) is 5.75 Å². The second kappa shape index (κ2) is 7.13. The van der Waals surface area contributed by atoms with Crippen LogP contribution in [0.2, 0.25) is 0 Å². The van der Waals surface area contributed by atoms with Gasteiger partial charge in [-0.15, -0.1) is 0 Å². The third kappa shape index (κ3) is 4.49. The first-order valence-corrected chi connectivity index (χ1v) is 7.35. The highest BCUT2D eigenvalue weighted by Crippen LogP contribution is 2.19. The lowest BCUT2D eigenvalue weighted by atomic mass is 10.1. The number of urea groups is 1. The minimum absolute atomic E-state index is 0.0897. The van der Waals surface area contributed by atoms with E-state index in [0.29, 0.717) is 11.4 Å². The Hall–Kier alpha value is -2.01. The molecule has 0 aliphatic carbocycles. The highest BCUT2D eigenvalue weighted by Gasteiger charge is 2.10. The molecule has 0 spiro atoms. The first-order valence-electron chi connectivity index (χ1n) is 6.55. The molecule has 2 N–H and O–H groups in total. The molecule has 5 heteroatoms. The average molecular weight is 349 g/mol. The topological polar surface area (TPSA) is 50.4 Å². The molecule has 0 aromatic heterocycles. The maximum absolute atomic E-state index is 12.0. The van der Waals surface area contributed by atoms with Crippen LogP contribution in [0.3, 0.4) is 0 Å². The highest BCUT2D eigenvalue weighted by molar-refractivity contribution is 9.10. The van der Waals surface area contributed by atoms with Crippen molar-refractivity contribution in [3.63, 3.8) is 0 Å². The van der Waals surface area contributed by atoms with Crippen molar-refractivity contribution in [3.05, 3.63) is 58.6 Å². The fourth-order valence-electron chi connectivity index (χ4n) is 1.92. The summed E-state index contributed by atoms with van der Waals surface area (Å²) >= 11 is 3.42. The van der Waals surface area contributed by atoms with Crippen molar-refractivity contribution < 1.29 is 9.53 Å². The zero-order chi connectivity index (χ0) is 15.2. The van der Waals surface area contributed by atoms with Gasteiger partial charge in [-0.3, -0.25) is 0 Å². The van der Waals surface area contributed by atoms with Gasteiger partial charge in [0.15, 0.2) is 0 Å². The van der Waals surface area contributed by atoms with Gasteiger partial charge < -0.3 is 15.4 Å². The molecule has 1 unspecified atom stereocenters. The van der Waals surface area contributed by atoms with E-state index in [-0.39, 0.29) is 12.1 Å². The Balaban J connectivity index is 1.97. The fourth-order valence-corrected chi connectivity index (χ4v) is 2.34. The summed E-state index contributed by atoms with van der Waals surface area (Å²) in [5.74, 6) is 0.702. The van der Waals surface area contributed by atoms with Gasteiger partial charge in [-0.05, 0) is 36.8 Å². The van der Waals surface area contributed by atoms with E-state index in [1.807, 2.05) is 49.4 Å². The number of methoxy groups -OCH3 is 1. The number of rotatable bonds is 4. The van der Waals surface area contributed by atoms with Crippen LogP contribution in [0.25, 0.3) is 0 Å². The first-order chi connectivity index (χ1) is 10.1. The molecule has 110 valence electrons. The molecule has 4 nitrogen and oxygen atoms in total. The smallest absolute Gasteiger partial charge is 0.319 e. The van der Waals surface area contributed by atoms with Gasteiger partial charge in [0, 0.05) is 16.2 Å². The van der Waals surface area contributed by atoms with E-state index in [0.717, 1.165) is 10.0 Å². The number of hydrogen-bond donors (Lipinski definition) is 2. The SMILES string of the molecule is COc1cccc(NC(=O)NC(C)c2cccc(Br)c2)c1. The van der Waals surface area contributed by atoms with E-state index in [4.69, 9.17) is 4.74 Å². The molecule has 2 amide bonds. The summed E-state index contributed by atoms with van der Waals surface area (Å²) in [5, 5.41) is 5.69. The van der Waals surface area contributed by atoms with E-state index < -0.39 is 0 Å². The molecule has 0 aliphatic heterocycles. The summed E-state index contributed by atoms with van der Waals surface area (Å²) in [5.41, 5.74) is 1.72. The molecule has 0 aliphatic rings. The van der Waals surface area contributed by atoms with Crippen LogP contribution >= 0.6 is 15.9 Å². The normalized spacial score (nSPS) is 11.6. The minimum Gasteiger partial charge on any atom is -0.497 e. The molecule has 0 saturated carbocycles. The second-order valence-corrected chi connectivity index (χ2v) is 5.52. The van der Waals surface area contributed by atoms with E-state index in [1.165, 1.54) is 0 Å². The molecular formula is C16H17BrN2O2. The lowest BCUT2D eigenvalue weighted by Crippen LogP contribution is -2.31. The Morgan fingerprint density at radius 2 is 1.95 bits per heavy atom. The number of amides is 2. The van der Waals surface area contributed by atoms with Crippen LogP contribution in [-0.4, -0.2) is 13.1 Å². The Morgan fingerprint density at radius 1 is 1.19 bits per heavy atom. The Labute approximate surface area is 132 Å². The van der Waals surface area contributed by atoms with Crippen LogP contribution in [0, 0.1) is 0 Å². The molecule has 1 atom stereocenters. The summed E-state index contributed by atoms with van der Waals surface area (Å²) in [6.07, 6.45) is 0. The predicted octanol–water partition coefficient (Wildman–Crippen LogP) is 4.34. The van der Waals surface area contributed by atoms with E-state index >= 15 is 0 Å². The fraction of sp³-hybridized carbons (Fsp3) is 0.188. The van der Waals surface area contributed by atoms with Crippen molar-refractivity contribution in [2.45, 2.75) is 13.0 Å². The van der Waals surface area contributed by atoms with Gasteiger partial charge in [0.25, 0.3) is 0 Å². The van der Waals surface area contributed by atoms with Crippen LogP contribution in [0.1, 0.15) is 18.5 Å². The monoisotopic (exact) mass is 348 g/mol. The Kier molecular flexibility index (Phi) is 5.22. The van der Waals surface area contributed by atoms with Gasteiger partial charge in [0.2, 0.25) is 0 Å². The summed E-state index contributed by atoms with van der Waals surface area (Å²) < 4.78 is 6.11. The molecule has 0 heterocycles. The van der Waals surface area contributed by atoms with Crippen molar-refractivity contribution in [3.8, 4) is 5.75 Å². The quantitative estimate of drug-likeness (QED) is 0.863. The number of halogens is 1. The zero-order valence-corrected chi connectivity index (χ0v) is 13.5. The standard InChI is InChI=1S/C16H17BrN2O2/c1-11(12-5-3-6-13(17)9-12)18-16(20)19-14-7-4-8-15(10-14)21-2/h3-11H,1-2H3,(H2,18,19,20). The Bertz CT molecular complexity index is 631. The third-order valence-corrected chi connectivity index (χ3v) is 3.52. The van der Waals surface area contributed by atoms with E-state index in [2.05, 4.69) is 26.6 Å². The van der Waals surface area contributed by atoms with Gasteiger partial charge >= 0.3 is 6.03 Å². The van der Waals surface area contributed by atoms with Crippen LogP contribution in [0.4, 0.5) is 10.5 Å². The Morgan fingerprint density at radius 3 is 2.67 bits per heavy atom. The van der Waals surface area contributed by atoms with E-state index in [1.54, 1.807) is 13.2 Å². The molecule has 0 bridgehead atoms. The first kappa shape index (κ1) is 15.4. The maximum Gasteiger partial charge on any atom is 0.319 e. The average Bonchev–Trinajstić information content (AvgIpc) is 2.47. The van der Waals surface area contributed by atoms with Crippen LogP contribution < -0.4 is 15.4 Å². The van der Waals surface area contributed by atoms with Crippen molar-refractivity contribution in [1.29, 1.82) is 0 Å². The van der Waals surface area contributed by atoms with Gasteiger partial charge in [-0.2, -0.15) is 0 Å². The molecule has 0 saturated heterocycles. The number of anilines is 1. The number of benzene rings is 2. The summed E-state index contributed by atoms with van der Waals surface area (Å²) in [6.45, 7) is 1.94. The largest absolute Gasteiger partial charge is 0.497 e. The van der Waals surface area contributed by atoms with Crippen molar-refractivity contribution >= 4 is 27.6 Å². The molecule has 21 heavy (non-hydrogen) atoms. The molecule has 0 fully saturated rings. The van der Waals surface area contributed by atoms with Crippen LogP contribution in [0.15, 0.2) is 53.0 Å². The lowest BCUT2D eigenvalue weighted by molar-refractivity contribution is 0.249. The number of nitrogens with one attached hydrogen (secondary N) is 2. The molecular weight excluding hydrogens is 332 g/mol. The van der Waals surface area contributed by atoms with E-state index in [9.17, 15) is 4.79 Å². The summed E-state index contributed by atoms with van der Waals surface area (Å²) in [4.78, 5) is 12.0. The number of carbonyl (C=O) groups excluding carboxylic acids is 1.